The van der Waals surface area contributed by atoms with Crippen LogP contribution in [0, 0.1) is 0 Å². The number of carbonyl (C=O) groups is 1. The van der Waals surface area contributed by atoms with Crippen molar-refractivity contribution in [3.63, 3.8) is 0 Å². The van der Waals surface area contributed by atoms with Crippen molar-refractivity contribution in [1.29, 1.82) is 0 Å². The largest absolute Gasteiger partial charge is 0.478 e. The van der Waals surface area contributed by atoms with E-state index in [9.17, 15) is 4.79 Å². The van der Waals surface area contributed by atoms with Gasteiger partial charge in [0.05, 0.1) is 17.3 Å². The fourth-order valence-electron chi connectivity index (χ4n) is 1.73. The number of hydrogen-bond donors (Lipinski definition) is 1. The highest BCUT2D eigenvalue weighted by Crippen LogP contribution is 2.11. The van der Waals surface area contributed by atoms with Crippen LogP contribution in [0.25, 0.3) is 5.52 Å². The first-order chi connectivity index (χ1) is 8.22. The second kappa shape index (κ2) is 4.97. The summed E-state index contributed by atoms with van der Waals surface area (Å²) in [6.07, 6.45) is 4.98. The molecule has 0 aromatic carbocycles. The summed E-state index contributed by atoms with van der Waals surface area (Å²) in [5.74, 6) is -0.0661. The molecule has 2 aromatic heterocycles. The molecule has 0 saturated heterocycles. The molecule has 1 N–H and O–H groups in total. The summed E-state index contributed by atoms with van der Waals surface area (Å²) in [4.78, 5) is 15.2. The van der Waals surface area contributed by atoms with Gasteiger partial charge in [0.25, 0.3) is 0 Å². The lowest BCUT2D eigenvalue weighted by Crippen LogP contribution is -2.02. The van der Waals surface area contributed by atoms with Gasteiger partial charge in [0.2, 0.25) is 0 Å². The Morgan fingerprint density at radius 2 is 2.35 bits per heavy atom. The molecule has 5 heteroatoms. The van der Waals surface area contributed by atoms with Gasteiger partial charge in [0, 0.05) is 26.3 Å². The Balaban J connectivity index is 2.30. The van der Waals surface area contributed by atoms with Gasteiger partial charge in [-0.15, -0.1) is 0 Å². The maximum absolute atomic E-state index is 10.9. The number of ether oxygens (including phenoxy) is 1. The minimum absolute atomic E-state index is 0.267. The van der Waals surface area contributed by atoms with Crippen LogP contribution in [0.5, 0.6) is 0 Å². The van der Waals surface area contributed by atoms with Crippen molar-refractivity contribution in [2.45, 2.75) is 12.8 Å². The number of pyridine rings is 1. The molecule has 17 heavy (non-hydrogen) atoms. The van der Waals surface area contributed by atoms with Crippen LogP contribution < -0.4 is 0 Å². The Labute approximate surface area is 98.7 Å². The number of aromatic nitrogens is 2. The summed E-state index contributed by atoms with van der Waals surface area (Å²) in [6, 6.07) is 3.34. The predicted molar refractivity (Wildman–Crippen MR) is 62.3 cm³/mol. The molecule has 90 valence electrons. The molecular weight excluding hydrogens is 220 g/mol. The third-order valence-corrected chi connectivity index (χ3v) is 2.60. The van der Waals surface area contributed by atoms with Gasteiger partial charge in [-0.3, -0.25) is 0 Å². The highest BCUT2D eigenvalue weighted by molar-refractivity contribution is 5.87. The number of carboxylic acids is 1. The van der Waals surface area contributed by atoms with Crippen molar-refractivity contribution in [2.24, 2.45) is 0 Å². The van der Waals surface area contributed by atoms with E-state index in [1.54, 1.807) is 31.6 Å². The molecule has 0 aliphatic heterocycles. The van der Waals surface area contributed by atoms with Crippen molar-refractivity contribution in [1.82, 2.24) is 9.38 Å². The van der Waals surface area contributed by atoms with Crippen molar-refractivity contribution in [3.8, 4) is 0 Å². The lowest BCUT2D eigenvalue weighted by molar-refractivity contribution is 0.0696. The van der Waals surface area contributed by atoms with Crippen molar-refractivity contribution in [2.75, 3.05) is 13.7 Å². The summed E-state index contributed by atoms with van der Waals surface area (Å²) in [5.41, 5.74) is 1.17. The smallest absolute Gasteiger partial charge is 0.337 e. The number of hydrogen-bond acceptors (Lipinski definition) is 3. The second-order valence-corrected chi connectivity index (χ2v) is 3.79. The number of carboxylic acid groups (broad SMARTS) is 1. The Bertz CT molecular complexity index is 534. The molecule has 0 radical (unpaired) electrons. The average Bonchev–Trinajstić information content (AvgIpc) is 2.72. The Morgan fingerprint density at radius 3 is 3.06 bits per heavy atom. The Morgan fingerprint density at radius 1 is 1.53 bits per heavy atom. The van der Waals surface area contributed by atoms with Crippen LogP contribution in [-0.4, -0.2) is 34.2 Å². The van der Waals surface area contributed by atoms with Crippen LogP contribution in [0.1, 0.15) is 22.6 Å². The summed E-state index contributed by atoms with van der Waals surface area (Å²) in [7, 11) is 1.66. The summed E-state index contributed by atoms with van der Waals surface area (Å²) in [5, 5.41) is 8.93. The maximum Gasteiger partial charge on any atom is 0.337 e. The number of rotatable bonds is 5. The van der Waals surface area contributed by atoms with Gasteiger partial charge in [-0.25, -0.2) is 9.78 Å². The van der Waals surface area contributed by atoms with E-state index >= 15 is 0 Å². The zero-order valence-corrected chi connectivity index (χ0v) is 9.59. The van der Waals surface area contributed by atoms with Gasteiger partial charge in [0.15, 0.2) is 0 Å². The third-order valence-electron chi connectivity index (χ3n) is 2.60. The molecule has 0 fully saturated rings. The molecule has 2 heterocycles. The van der Waals surface area contributed by atoms with E-state index in [0.29, 0.717) is 6.61 Å². The molecule has 0 saturated carbocycles. The molecule has 0 amide bonds. The number of imidazole rings is 1. The van der Waals surface area contributed by atoms with Crippen molar-refractivity contribution in [3.05, 3.63) is 35.9 Å². The highest BCUT2D eigenvalue weighted by atomic mass is 16.5. The number of methoxy groups -OCH3 is 1. The van der Waals surface area contributed by atoms with Gasteiger partial charge in [0.1, 0.15) is 5.82 Å². The molecule has 5 nitrogen and oxygen atoms in total. The lowest BCUT2D eigenvalue weighted by Gasteiger charge is -2.02. The molecule has 0 spiro atoms. The first-order valence-electron chi connectivity index (χ1n) is 5.40. The number of aromatic carboxylic acids is 1. The summed E-state index contributed by atoms with van der Waals surface area (Å²) >= 11 is 0. The van der Waals surface area contributed by atoms with Crippen LogP contribution in [0.3, 0.4) is 0 Å². The van der Waals surface area contributed by atoms with E-state index in [-0.39, 0.29) is 5.56 Å². The van der Waals surface area contributed by atoms with E-state index in [1.165, 1.54) is 0 Å². The fraction of sp³-hybridized carbons (Fsp3) is 0.333. The molecule has 0 bridgehead atoms. The van der Waals surface area contributed by atoms with Crippen LogP contribution in [0.2, 0.25) is 0 Å². The minimum atomic E-state index is -0.927. The molecular formula is C12H14N2O3. The predicted octanol–water partition coefficient (Wildman–Crippen LogP) is 1.61. The minimum Gasteiger partial charge on any atom is -0.478 e. The maximum atomic E-state index is 10.9. The Kier molecular flexibility index (Phi) is 3.39. The summed E-state index contributed by atoms with van der Waals surface area (Å²) < 4.78 is 6.80. The van der Waals surface area contributed by atoms with Crippen LogP contribution in [0.4, 0.5) is 0 Å². The SMILES string of the molecule is COCCCc1ncc2ccc(C(=O)O)cn12. The quantitative estimate of drug-likeness (QED) is 0.798. The standard InChI is InChI=1S/C12H14N2O3/c1-17-6-2-3-11-13-7-10-5-4-9(12(15)16)8-14(10)11/h4-5,7-8H,2-3,6H2,1H3,(H,15,16). The van der Waals surface area contributed by atoms with Gasteiger partial charge in [-0.1, -0.05) is 0 Å². The molecule has 2 rings (SSSR count). The van der Waals surface area contributed by atoms with Gasteiger partial charge < -0.3 is 14.2 Å². The van der Waals surface area contributed by atoms with Gasteiger partial charge in [-0.05, 0) is 18.6 Å². The van der Waals surface area contributed by atoms with E-state index in [4.69, 9.17) is 9.84 Å². The van der Waals surface area contributed by atoms with Crippen LogP contribution in [-0.2, 0) is 11.2 Å². The first-order valence-corrected chi connectivity index (χ1v) is 5.40. The van der Waals surface area contributed by atoms with E-state index in [1.807, 2.05) is 4.40 Å². The topological polar surface area (TPSA) is 63.8 Å². The van der Waals surface area contributed by atoms with Gasteiger partial charge in [-0.2, -0.15) is 0 Å². The van der Waals surface area contributed by atoms with E-state index in [0.717, 1.165) is 24.2 Å². The van der Waals surface area contributed by atoms with Crippen molar-refractivity contribution >= 4 is 11.5 Å². The number of fused-ring (bicyclic) bond motifs is 1. The second-order valence-electron chi connectivity index (χ2n) is 3.79. The number of aryl methyl sites for hydroxylation is 1. The highest BCUT2D eigenvalue weighted by Gasteiger charge is 2.07. The molecule has 0 unspecified atom stereocenters. The van der Waals surface area contributed by atoms with E-state index in [2.05, 4.69) is 4.98 Å². The molecule has 0 aliphatic rings. The van der Waals surface area contributed by atoms with Crippen LogP contribution in [0.15, 0.2) is 24.5 Å². The van der Waals surface area contributed by atoms with Gasteiger partial charge >= 0.3 is 5.97 Å². The normalized spacial score (nSPS) is 10.9. The lowest BCUT2D eigenvalue weighted by atomic mass is 10.2. The molecule has 0 aliphatic carbocycles. The zero-order valence-electron chi connectivity index (χ0n) is 9.59. The van der Waals surface area contributed by atoms with E-state index < -0.39 is 5.97 Å². The monoisotopic (exact) mass is 234 g/mol. The fourth-order valence-corrected chi connectivity index (χ4v) is 1.73. The zero-order chi connectivity index (χ0) is 12.3. The Hall–Kier alpha value is -1.88. The first kappa shape index (κ1) is 11.6. The molecule has 0 atom stereocenters. The number of nitrogens with zero attached hydrogens (tertiary/aromatic N) is 2. The van der Waals surface area contributed by atoms with Crippen LogP contribution >= 0.6 is 0 Å². The third kappa shape index (κ3) is 2.45. The summed E-state index contributed by atoms with van der Waals surface area (Å²) in [6.45, 7) is 0.674. The average molecular weight is 234 g/mol. The molecule has 2 aromatic rings. The van der Waals surface area contributed by atoms with Crippen molar-refractivity contribution < 1.29 is 14.6 Å².